The molecule has 0 amide bonds. The topological polar surface area (TPSA) is 47.4 Å². The molecule has 4 nitrogen and oxygen atoms in total. The van der Waals surface area contributed by atoms with Gasteiger partial charge < -0.3 is 4.84 Å². The van der Waals surface area contributed by atoms with Crippen LogP contribution in [0.15, 0.2) is 23.7 Å². The summed E-state index contributed by atoms with van der Waals surface area (Å²) in [6, 6.07) is 1.79. The van der Waals surface area contributed by atoms with Crippen molar-refractivity contribution in [2.75, 3.05) is 11.9 Å². The highest BCUT2D eigenvalue weighted by Crippen LogP contribution is 1.95. The van der Waals surface area contributed by atoms with E-state index in [0.29, 0.717) is 6.61 Å². The van der Waals surface area contributed by atoms with Gasteiger partial charge in [-0.05, 0) is 13.0 Å². The maximum atomic E-state index is 4.98. The van der Waals surface area contributed by atoms with Crippen LogP contribution < -0.4 is 0 Å². The van der Waals surface area contributed by atoms with E-state index in [-0.39, 0.29) is 0 Å². The average molecular weight is 244 g/mol. The fourth-order valence-electron chi connectivity index (χ4n) is 0.728. The first-order valence-corrected chi connectivity index (χ1v) is 4.95. The molecule has 0 N–H and O–H groups in total. The lowest BCUT2D eigenvalue weighted by Gasteiger charge is -1.98. The van der Waals surface area contributed by atoms with Gasteiger partial charge in [-0.3, -0.25) is 0 Å². The zero-order valence-electron chi connectivity index (χ0n) is 7.27. The summed E-state index contributed by atoms with van der Waals surface area (Å²) in [5, 5.41) is 4.65. The largest absolute Gasteiger partial charge is 0.395 e. The normalized spacial score (nSPS) is 11.4. The molecular formula is C8H10BrN3O. The molecule has 0 aliphatic carbocycles. The highest BCUT2D eigenvalue weighted by atomic mass is 79.9. The van der Waals surface area contributed by atoms with Crippen LogP contribution in [0.1, 0.15) is 12.6 Å². The molecule has 0 aliphatic rings. The predicted octanol–water partition coefficient (Wildman–Crippen LogP) is 1.61. The molecule has 0 spiro atoms. The number of halogens is 1. The maximum Gasteiger partial charge on any atom is 0.126 e. The van der Waals surface area contributed by atoms with Crippen LogP contribution in [0.25, 0.3) is 0 Å². The van der Waals surface area contributed by atoms with Gasteiger partial charge in [-0.25, -0.2) is 9.97 Å². The summed E-state index contributed by atoms with van der Waals surface area (Å²) in [5.74, 6) is 0. The molecule has 1 aromatic heterocycles. The Kier molecular flexibility index (Phi) is 4.39. The third-order valence-corrected chi connectivity index (χ3v) is 1.65. The molecule has 0 aromatic carbocycles. The third kappa shape index (κ3) is 3.50. The minimum atomic E-state index is 0.558. The average Bonchev–Trinajstić information content (AvgIpc) is 2.19. The van der Waals surface area contributed by atoms with E-state index >= 15 is 0 Å². The minimum Gasteiger partial charge on any atom is -0.395 e. The van der Waals surface area contributed by atoms with Gasteiger partial charge in [-0.2, -0.15) is 0 Å². The zero-order valence-corrected chi connectivity index (χ0v) is 8.86. The maximum absolute atomic E-state index is 4.98. The third-order valence-electron chi connectivity index (χ3n) is 1.32. The van der Waals surface area contributed by atoms with Gasteiger partial charge in [0.1, 0.15) is 18.6 Å². The van der Waals surface area contributed by atoms with Crippen LogP contribution in [0.3, 0.4) is 0 Å². The number of alkyl halides is 1. The lowest BCUT2D eigenvalue weighted by Crippen LogP contribution is -2.00. The molecule has 0 radical (unpaired) electrons. The fraction of sp³-hybridized carbons (Fsp3) is 0.375. The van der Waals surface area contributed by atoms with Gasteiger partial charge in [0, 0.05) is 11.5 Å². The van der Waals surface area contributed by atoms with Crippen LogP contribution >= 0.6 is 15.9 Å². The van der Waals surface area contributed by atoms with Crippen LogP contribution in [0.5, 0.6) is 0 Å². The molecular weight excluding hydrogens is 234 g/mol. The summed E-state index contributed by atoms with van der Waals surface area (Å²) in [5.41, 5.74) is 1.54. The van der Waals surface area contributed by atoms with Crippen molar-refractivity contribution in [3.05, 3.63) is 24.3 Å². The Morgan fingerprint density at radius 2 is 2.54 bits per heavy atom. The molecule has 70 valence electrons. The van der Waals surface area contributed by atoms with Crippen LogP contribution in [0.4, 0.5) is 0 Å². The number of rotatable bonds is 4. The standard InChI is InChI=1S/C8H10BrN3O/c1-7(12-13-5-3-9)8-2-4-10-6-11-8/h2,4,6H,3,5H2,1H3/b12-7+. The van der Waals surface area contributed by atoms with Crippen molar-refractivity contribution < 1.29 is 4.84 Å². The van der Waals surface area contributed by atoms with Crippen molar-refractivity contribution in [3.8, 4) is 0 Å². The molecule has 0 aliphatic heterocycles. The minimum absolute atomic E-state index is 0.558. The van der Waals surface area contributed by atoms with Crippen molar-refractivity contribution in [2.24, 2.45) is 5.16 Å². The van der Waals surface area contributed by atoms with Crippen LogP contribution in [-0.4, -0.2) is 27.6 Å². The van der Waals surface area contributed by atoms with Gasteiger partial charge in [-0.1, -0.05) is 21.1 Å². The fourth-order valence-corrected chi connectivity index (χ4v) is 0.873. The molecule has 1 aromatic rings. The molecule has 13 heavy (non-hydrogen) atoms. The van der Waals surface area contributed by atoms with E-state index in [1.54, 1.807) is 12.3 Å². The van der Waals surface area contributed by atoms with Gasteiger partial charge in [0.2, 0.25) is 0 Å². The molecule has 0 saturated carbocycles. The molecule has 1 rings (SSSR count). The second kappa shape index (κ2) is 5.64. The van der Waals surface area contributed by atoms with Crippen LogP contribution in [0, 0.1) is 0 Å². The molecule has 0 unspecified atom stereocenters. The number of hydrogen-bond acceptors (Lipinski definition) is 4. The second-order valence-electron chi connectivity index (χ2n) is 2.29. The van der Waals surface area contributed by atoms with E-state index in [1.807, 2.05) is 6.92 Å². The van der Waals surface area contributed by atoms with Crippen molar-refractivity contribution in [2.45, 2.75) is 6.92 Å². The molecule has 1 heterocycles. The van der Waals surface area contributed by atoms with E-state index < -0.39 is 0 Å². The zero-order chi connectivity index (χ0) is 9.52. The summed E-state index contributed by atoms with van der Waals surface area (Å²) in [6.07, 6.45) is 3.16. The molecule has 0 atom stereocenters. The van der Waals surface area contributed by atoms with E-state index in [4.69, 9.17) is 4.84 Å². The SMILES string of the molecule is C/C(=N\OCCBr)c1ccncn1. The number of hydrogen-bond donors (Lipinski definition) is 0. The van der Waals surface area contributed by atoms with Crippen molar-refractivity contribution in [1.82, 2.24) is 9.97 Å². The molecule has 5 heteroatoms. The number of aromatic nitrogens is 2. The summed E-state index contributed by atoms with van der Waals surface area (Å²) in [4.78, 5) is 12.8. The van der Waals surface area contributed by atoms with E-state index in [9.17, 15) is 0 Å². The summed E-state index contributed by atoms with van der Waals surface area (Å²) >= 11 is 3.24. The van der Waals surface area contributed by atoms with Crippen molar-refractivity contribution in [1.29, 1.82) is 0 Å². The molecule has 0 bridgehead atoms. The summed E-state index contributed by atoms with van der Waals surface area (Å²) in [7, 11) is 0. The van der Waals surface area contributed by atoms with Crippen molar-refractivity contribution >= 4 is 21.6 Å². The van der Waals surface area contributed by atoms with E-state index in [1.165, 1.54) is 6.33 Å². The van der Waals surface area contributed by atoms with E-state index in [0.717, 1.165) is 16.7 Å². The molecule has 0 saturated heterocycles. The Bertz CT molecular complexity index is 276. The number of oxime groups is 1. The highest BCUT2D eigenvalue weighted by molar-refractivity contribution is 9.09. The van der Waals surface area contributed by atoms with Gasteiger partial charge in [0.05, 0.1) is 5.69 Å². The monoisotopic (exact) mass is 243 g/mol. The predicted molar refractivity (Wildman–Crippen MR) is 54.0 cm³/mol. The van der Waals surface area contributed by atoms with E-state index in [2.05, 4.69) is 31.1 Å². The quantitative estimate of drug-likeness (QED) is 0.350. The van der Waals surface area contributed by atoms with Gasteiger partial charge in [0.15, 0.2) is 0 Å². The first-order valence-electron chi connectivity index (χ1n) is 3.83. The van der Waals surface area contributed by atoms with Gasteiger partial charge >= 0.3 is 0 Å². The Hall–Kier alpha value is -0.970. The van der Waals surface area contributed by atoms with Crippen LogP contribution in [-0.2, 0) is 4.84 Å². The Labute approximate surface area is 85.2 Å². The smallest absolute Gasteiger partial charge is 0.126 e. The summed E-state index contributed by atoms with van der Waals surface area (Å²) in [6.45, 7) is 2.40. The highest BCUT2D eigenvalue weighted by Gasteiger charge is 1.97. The summed E-state index contributed by atoms with van der Waals surface area (Å²) < 4.78 is 0. The Balaban J connectivity index is 2.57. The lowest BCUT2D eigenvalue weighted by molar-refractivity contribution is 0.162. The van der Waals surface area contributed by atoms with Gasteiger partial charge in [0.25, 0.3) is 0 Å². The number of nitrogens with zero attached hydrogens (tertiary/aromatic N) is 3. The van der Waals surface area contributed by atoms with Crippen molar-refractivity contribution in [3.63, 3.8) is 0 Å². The Morgan fingerprint density at radius 3 is 3.15 bits per heavy atom. The van der Waals surface area contributed by atoms with Gasteiger partial charge in [-0.15, -0.1) is 0 Å². The van der Waals surface area contributed by atoms with Crippen LogP contribution in [0.2, 0.25) is 0 Å². The Morgan fingerprint density at radius 1 is 1.69 bits per heavy atom. The first kappa shape index (κ1) is 10.1. The second-order valence-corrected chi connectivity index (χ2v) is 3.09. The molecule has 0 fully saturated rings. The lowest BCUT2D eigenvalue weighted by atomic mass is 10.3. The first-order chi connectivity index (χ1) is 6.34.